The van der Waals surface area contributed by atoms with Crippen LogP contribution in [0.4, 0.5) is 0 Å². The fraction of sp³-hybridized carbons (Fsp3) is 0.133. The zero-order valence-electron chi connectivity index (χ0n) is 10.4. The van der Waals surface area contributed by atoms with Gasteiger partial charge >= 0.3 is 5.97 Å². The van der Waals surface area contributed by atoms with E-state index in [-0.39, 0.29) is 12.6 Å². The Morgan fingerprint density at radius 1 is 1.16 bits per heavy atom. The molecule has 0 saturated carbocycles. The first-order valence-electron chi connectivity index (χ1n) is 5.80. The summed E-state index contributed by atoms with van der Waals surface area (Å²) in [5.41, 5.74) is 0.803. The number of hydrogen-bond acceptors (Lipinski definition) is 3. The van der Waals surface area contributed by atoms with Gasteiger partial charge in [-0.05, 0) is 24.3 Å². The highest BCUT2D eigenvalue weighted by Gasteiger charge is 2.06. The van der Waals surface area contributed by atoms with E-state index in [9.17, 15) is 4.79 Å². The van der Waals surface area contributed by atoms with Crippen LogP contribution in [0, 0.1) is 0 Å². The normalized spacial score (nSPS) is 10.0. The van der Waals surface area contributed by atoms with Gasteiger partial charge in [0.2, 0.25) is 0 Å². The molecule has 0 radical (unpaired) electrons. The number of esters is 1. The molecule has 0 heterocycles. The van der Waals surface area contributed by atoms with E-state index >= 15 is 0 Å². The summed E-state index contributed by atoms with van der Waals surface area (Å²) in [5, 5.41) is 0.606. The second kappa shape index (κ2) is 6.25. The van der Waals surface area contributed by atoms with Crippen LogP contribution in [0.3, 0.4) is 0 Å². The van der Waals surface area contributed by atoms with Crippen LogP contribution in [0.2, 0.25) is 5.02 Å². The van der Waals surface area contributed by atoms with Gasteiger partial charge in [-0.3, -0.25) is 4.79 Å². The summed E-state index contributed by atoms with van der Waals surface area (Å²) < 4.78 is 10.7. The average Bonchev–Trinajstić information content (AvgIpc) is 2.38. The van der Waals surface area contributed by atoms with E-state index in [0.717, 1.165) is 5.56 Å². The summed E-state index contributed by atoms with van der Waals surface area (Å²) in [7, 11) is 0. The first-order valence-corrected chi connectivity index (χ1v) is 6.17. The van der Waals surface area contributed by atoms with Crippen molar-refractivity contribution in [2.75, 3.05) is 0 Å². The number of rotatable bonds is 4. The summed E-state index contributed by atoms with van der Waals surface area (Å²) in [5.74, 6) is 0.964. The third kappa shape index (κ3) is 4.00. The number of benzene rings is 2. The molecule has 0 atom stereocenters. The quantitative estimate of drug-likeness (QED) is 0.785. The highest BCUT2D eigenvalue weighted by molar-refractivity contribution is 6.30. The maximum atomic E-state index is 10.9. The number of carbonyl (C=O) groups is 1. The molecule has 0 unspecified atom stereocenters. The maximum absolute atomic E-state index is 10.9. The molecule has 0 spiro atoms. The minimum atomic E-state index is -0.322. The largest absolute Gasteiger partial charge is 0.461 e. The van der Waals surface area contributed by atoms with Gasteiger partial charge in [0.05, 0.1) is 0 Å². The molecule has 0 fully saturated rings. The van der Waals surface area contributed by atoms with E-state index in [2.05, 4.69) is 0 Å². The molecule has 0 saturated heterocycles. The molecule has 0 aliphatic carbocycles. The van der Waals surface area contributed by atoms with Gasteiger partial charge in [0.1, 0.15) is 18.1 Å². The van der Waals surface area contributed by atoms with Gasteiger partial charge in [-0.25, -0.2) is 0 Å². The van der Waals surface area contributed by atoms with Crippen LogP contribution in [0.5, 0.6) is 11.5 Å². The zero-order valence-corrected chi connectivity index (χ0v) is 11.2. The van der Waals surface area contributed by atoms with Crippen LogP contribution in [0.15, 0.2) is 48.5 Å². The second-order valence-corrected chi connectivity index (χ2v) is 4.38. The van der Waals surface area contributed by atoms with E-state index < -0.39 is 0 Å². The zero-order chi connectivity index (χ0) is 13.7. The second-order valence-electron chi connectivity index (χ2n) is 3.95. The lowest BCUT2D eigenvalue weighted by Gasteiger charge is -2.11. The Kier molecular flexibility index (Phi) is 4.42. The minimum absolute atomic E-state index is 0.187. The fourth-order valence-corrected chi connectivity index (χ4v) is 1.74. The lowest BCUT2D eigenvalue weighted by molar-refractivity contribution is -0.142. The summed E-state index contributed by atoms with van der Waals surface area (Å²) in [6.07, 6.45) is 0. The molecule has 2 rings (SSSR count). The summed E-state index contributed by atoms with van der Waals surface area (Å²) in [6, 6.07) is 14.5. The first-order chi connectivity index (χ1) is 9.15. The van der Waals surface area contributed by atoms with Crippen LogP contribution in [-0.2, 0) is 16.1 Å². The Bertz CT molecular complexity index is 581. The van der Waals surface area contributed by atoms with E-state index in [4.69, 9.17) is 21.1 Å². The number of halogens is 1. The summed E-state index contributed by atoms with van der Waals surface area (Å²) >= 11 is 5.90. The monoisotopic (exact) mass is 276 g/mol. The van der Waals surface area contributed by atoms with Gasteiger partial charge in [0.15, 0.2) is 0 Å². The lowest BCUT2D eigenvalue weighted by atomic mass is 10.2. The molecule has 0 aromatic heterocycles. The van der Waals surface area contributed by atoms with Crippen molar-refractivity contribution in [3.05, 3.63) is 59.1 Å². The molecule has 0 bridgehead atoms. The van der Waals surface area contributed by atoms with E-state index in [0.29, 0.717) is 16.5 Å². The Balaban J connectivity index is 2.17. The number of hydrogen-bond donors (Lipinski definition) is 0. The third-order valence-electron chi connectivity index (χ3n) is 2.43. The summed E-state index contributed by atoms with van der Waals surface area (Å²) in [4.78, 5) is 10.9. The van der Waals surface area contributed by atoms with Crippen molar-refractivity contribution in [1.29, 1.82) is 0 Å². The molecule has 2 aromatic carbocycles. The van der Waals surface area contributed by atoms with Gasteiger partial charge in [0, 0.05) is 17.5 Å². The number of carbonyl (C=O) groups excluding carboxylic acids is 1. The van der Waals surface area contributed by atoms with E-state index in [1.165, 1.54) is 6.92 Å². The Hall–Kier alpha value is -2.00. The average molecular weight is 277 g/mol. The molecular weight excluding hydrogens is 264 g/mol. The van der Waals surface area contributed by atoms with E-state index in [1.807, 2.05) is 36.4 Å². The molecule has 0 amide bonds. The highest BCUT2D eigenvalue weighted by atomic mass is 35.5. The van der Waals surface area contributed by atoms with Crippen LogP contribution < -0.4 is 4.74 Å². The molecule has 2 aromatic rings. The van der Waals surface area contributed by atoms with Crippen molar-refractivity contribution in [2.45, 2.75) is 13.5 Å². The predicted octanol–water partition coefficient (Wildman–Crippen LogP) is 4.20. The Morgan fingerprint density at radius 3 is 2.68 bits per heavy atom. The van der Waals surface area contributed by atoms with Crippen molar-refractivity contribution < 1.29 is 14.3 Å². The molecule has 0 aliphatic heterocycles. The topological polar surface area (TPSA) is 35.5 Å². The minimum Gasteiger partial charge on any atom is -0.461 e. The van der Waals surface area contributed by atoms with Crippen molar-refractivity contribution >= 4 is 17.6 Å². The smallest absolute Gasteiger partial charge is 0.302 e. The third-order valence-corrected chi connectivity index (χ3v) is 2.66. The fourth-order valence-electron chi connectivity index (χ4n) is 1.56. The molecule has 19 heavy (non-hydrogen) atoms. The maximum Gasteiger partial charge on any atom is 0.302 e. The molecule has 98 valence electrons. The van der Waals surface area contributed by atoms with Crippen molar-refractivity contribution in [2.24, 2.45) is 0 Å². The van der Waals surface area contributed by atoms with Crippen molar-refractivity contribution in [1.82, 2.24) is 0 Å². The molecule has 4 heteroatoms. The van der Waals surface area contributed by atoms with Gasteiger partial charge in [0.25, 0.3) is 0 Å². The SMILES string of the molecule is CC(=O)OCc1ccccc1Oc1cccc(Cl)c1. The van der Waals surface area contributed by atoms with Gasteiger partial charge in [-0.1, -0.05) is 35.9 Å². The molecule has 0 N–H and O–H groups in total. The van der Waals surface area contributed by atoms with Crippen LogP contribution in [-0.4, -0.2) is 5.97 Å². The lowest BCUT2D eigenvalue weighted by Crippen LogP contribution is -2.00. The molecule has 3 nitrogen and oxygen atoms in total. The molecule has 0 aliphatic rings. The van der Waals surface area contributed by atoms with Gasteiger partial charge in [-0.2, -0.15) is 0 Å². The van der Waals surface area contributed by atoms with Crippen LogP contribution in [0.1, 0.15) is 12.5 Å². The summed E-state index contributed by atoms with van der Waals surface area (Å²) in [6.45, 7) is 1.56. The van der Waals surface area contributed by atoms with Crippen LogP contribution in [0.25, 0.3) is 0 Å². The van der Waals surface area contributed by atoms with Gasteiger partial charge < -0.3 is 9.47 Å². The van der Waals surface area contributed by atoms with Crippen LogP contribution >= 0.6 is 11.6 Å². The molecular formula is C15H13ClO3. The highest BCUT2D eigenvalue weighted by Crippen LogP contribution is 2.27. The predicted molar refractivity (Wildman–Crippen MR) is 73.4 cm³/mol. The standard InChI is InChI=1S/C15H13ClO3/c1-11(17)18-10-12-5-2-3-8-15(12)19-14-7-4-6-13(16)9-14/h2-9H,10H2,1H3. The van der Waals surface area contributed by atoms with Crippen molar-refractivity contribution in [3.63, 3.8) is 0 Å². The Labute approximate surface area is 116 Å². The number of para-hydroxylation sites is 1. The number of ether oxygens (including phenoxy) is 2. The first kappa shape index (κ1) is 13.4. The van der Waals surface area contributed by atoms with Crippen molar-refractivity contribution in [3.8, 4) is 11.5 Å². The van der Waals surface area contributed by atoms with E-state index in [1.54, 1.807) is 12.1 Å². The van der Waals surface area contributed by atoms with Gasteiger partial charge in [-0.15, -0.1) is 0 Å². The Morgan fingerprint density at radius 2 is 1.95 bits per heavy atom.